The van der Waals surface area contributed by atoms with Gasteiger partial charge in [0.25, 0.3) is 5.91 Å². The highest BCUT2D eigenvalue weighted by molar-refractivity contribution is 9.10. The van der Waals surface area contributed by atoms with Crippen molar-refractivity contribution in [2.45, 2.75) is 0 Å². The van der Waals surface area contributed by atoms with Gasteiger partial charge in [-0.3, -0.25) is 4.79 Å². The zero-order chi connectivity index (χ0) is 15.2. The number of methoxy groups -OCH3 is 1. The van der Waals surface area contributed by atoms with Crippen LogP contribution in [0.1, 0.15) is 15.9 Å². The van der Waals surface area contributed by atoms with Crippen molar-refractivity contribution in [3.8, 4) is 5.75 Å². The molecule has 2 aromatic rings. The van der Waals surface area contributed by atoms with E-state index in [2.05, 4.69) is 26.5 Å². The van der Waals surface area contributed by atoms with Crippen molar-refractivity contribution >= 4 is 39.7 Å². The SMILES string of the molecule is COc1ccc(Cl)cc1C(=O)N/N=C/c1ccc(Br)cc1. The molecule has 2 rings (SSSR count). The number of hydrazone groups is 1. The van der Waals surface area contributed by atoms with Crippen molar-refractivity contribution in [3.05, 3.63) is 63.1 Å². The fraction of sp³-hybridized carbons (Fsp3) is 0.0667. The van der Waals surface area contributed by atoms with Gasteiger partial charge in [0, 0.05) is 9.50 Å². The molecule has 0 fully saturated rings. The summed E-state index contributed by atoms with van der Waals surface area (Å²) in [6.45, 7) is 0. The molecule has 0 unspecified atom stereocenters. The normalized spacial score (nSPS) is 10.6. The maximum Gasteiger partial charge on any atom is 0.275 e. The van der Waals surface area contributed by atoms with Crippen molar-refractivity contribution in [3.63, 3.8) is 0 Å². The molecule has 0 atom stereocenters. The van der Waals surface area contributed by atoms with Gasteiger partial charge in [-0.2, -0.15) is 5.10 Å². The molecule has 108 valence electrons. The molecule has 21 heavy (non-hydrogen) atoms. The molecule has 0 saturated carbocycles. The van der Waals surface area contributed by atoms with Crippen LogP contribution in [0.5, 0.6) is 5.75 Å². The molecule has 0 bridgehead atoms. The maximum atomic E-state index is 12.0. The molecule has 0 radical (unpaired) electrons. The van der Waals surface area contributed by atoms with E-state index in [-0.39, 0.29) is 5.91 Å². The van der Waals surface area contributed by atoms with E-state index in [1.54, 1.807) is 18.3 Å². The number of halogens is 2. The number of carbonyl (C=O) groups excluding carboxylic acids is 1. The van der Waals surface area contributed by atoms with Crippen LogP contribution in [0.15, 0.2) is 52.0 Å². The minimum Gasteiger partial charge on any atom is -0.496 e. The largest absolute Gasteiger partial charge is 0.496 e. The van der Waals surface area contributed by atoms with Crippen LogP contribution in [0.3, 0.4) is 0 Å². The number of rotatable bonds is 4. The monoisotopic (exact) mass is 366 g/mol. The lowest BCUT2D eigenvalue weighted by molar-refractivity contribution is 0.0952. The number of carbonyl (C=O) groups is 1. The first-order chi connectivity index (χ1) is 10.1. The van der Waals surface area contributed by atoms with E-state index in [0.717, 1.165) is 10.0 Å². The van der Waals surface area contributed by atoms with Crippen LogP contribution in [-0.2, 0) is 0 Å². The maximum absolute atomic E-state index is 12.0. The van der Waals surface area contributed by atoms with Gasteiger partial charge in [0.1, 0.15) is 5.75 Å². The number of nitrogens with zero attached hydrogens (tertiary/aromatic N) is 1. The molecule has 1 amide bonds. The fourth-order valence-corrected chi connectivity index (χ4v) is 2.07. The summed E-state index contributed by atoms with van der Waals surface area (Å²) in [6.07, 6.45) is 1.56. The van der Waals surface area contributed by atoms with Crippen molar-refractivity contribution < 1.29 is 9.53 Å². The zero-order valence-corrected chi connectivity index (χ0v) is 13.5. The molecule has 0 aliphatic heterocycles. The third-order valence-electron chi connectivity index (χ3n) is 2.66. The molecule has 0 aliphatic carbocycles. The van der Waals surface area contributed by atoms with E-state index in [0.29, 0.717) is 16.3 Å². The van der Waals surface area contributed by atoms with Gasteiger partial charge in [0.05, 0.1) is 18.9 Å². The van der Waals surface area contributed by atoms with Crippen molar-refractivity contribution in [2.24, 2.45) is 5.10 Å². The summed E-state index contributed by atoms with van der Waals surface area (Å²) in [6, 6.07) is 12.4. The van der Waals surface area contributed by atoms with E-state index >= 15 is 0 Å². The van der Waals surface area contributed by atoms with Gasteiger partial charge in [0.2, 0.25) is 0 Å². The van der Waals surface area contributed by atoms with Gasteiger partial charge in [-0.05, 0) is 35.9 Å². The van der Waals surface area contributed by atoms with Gasteiger partial charge in [-0.1, -0.05) is 39.7 Å². The van der Waals surface area contributed by atoms with Crippen molar-refractivity contribution in [1.29, 1.82) is 0 Å². The highest BCUT2D eigenvalue weighted by Crippen LogP contribution is 2.22. The Bertz CT molecular complexity index is 672. The molecule has 0 heterocycles. The minimum atomic E-state index is -0.386. The summed E-state index contributed by atoms with van der Waals surface area (Å²) in [5.74, 6) is 0.0541. The second-order valence-corrected chi connectivity index (χ2v) is 5.45. The first kappa shape index (κ1) is 15.5. The van der Waals surface area contributed by atoms with Crippen LogP contribution in [0, 0.1) is 0 Å². The van der Waals surface area contributed by atoms with E-state index in [1.807, 2.05) is 24.3 Å². The predicted octanol–water partition coefficient (Wildman–Crippen LogP) is 3.88. The Morgan fingerprint density at radius 1 is 1.29 bits per heavy atom. The number of nitrogens with one attached hydrogen (secondary N) is 1. The number of amides is 1. The molecule has 6 heteroatoms. The van der Waals surface area contributed by atoms with Crippen LogP contribution in [0.2, 0.25) is 5.02 Å². The molecular weight excluding hydrogens is 356 g/mol. The Balaban J connectivity index is 2.08. The van der Waals surface area contributed by atoms with E-state index < -0.39 is 0 Å². The first-order valence-electron chi connectivity index (χ1n) is 6.02. The summed E-state index contributed by atoms with van der Waals surface area (Å²) in [4.78, 5) is 12.0. The molecule has 4 nitrogen and oxygen atoms in total. The third kappa shape index (κ3) is 4.31. The van der Waals surface area contributed by atoms with E-state index in [4.69, 9.17) is 16.3 Å². The fourth-order valence-electron chi connectivity index (χ4n) is 1.63. The Hall–Kier alpha value is -1.85. The van der Waals surface area contributed by atoms with E-state index in [1.165, 1.54) is 13.2 Å². The topological polar surface area (TPSA) is 50.7 Å². The number of ether oxygens (including phenoxy) is 1. The Morgan fingerprint density at radius 2 is 2.00 bits per heavy atom. The summed E-state index contributed by atoms with van der Waals surface area (Å²) in [5, 5.41) is 4.37. The second kappa shape index (κ2) is 7.24. The molecule has 0 spiro atoms. The van der Waals surface area contributed by atoms with Crippen LogP contribution in [-0.4, -0.2) is 19.2 Å². The molecule has 0 saturated heterocycles. The van der Waals surface area contributed by atoms with Crippen LogP contribution < -0.4 is 10.2 Å². The van der Waals surface area contributed by atoms with E-state index in [9.17, 15) is 4.79 Å². The van der Waals surface area contributed by atoms with Gasteiger partial charge in [-0.25, -0.2) is 5.43 Å². The van der Waals surface area contributed by atoms with Gasteiger partial charge < -0.3 is 4.74 Å². The Labute approximate surface area is 135 Å². The van der Waals surface area contributed by atoms with Crippen LogP contribution >= 0.6 is 27.5 Å². The highest BCUT2D eigenvalue weighted by atomic mass is 79.9. The molecule has 2 aromatic carbocycles. The molecular formula is C15H12BrClN2O2. The Kier molecular flexibility index (Phi) is 5.36. The smallest absolute Gasteiger partial charge is 0.275 e. The zero-order valence-electron chi connectivity index (χ0n) is 11.1. The average molecular weight is 368 g/mol. The van der Waals surface area contributed by atoms with Crippen LogP contribution in [0.25, 0.3) is 0 Å². The number of hydrogen-bond donors (Lipinski definition) is 1. The summed E-state index contributed by atoms with van der Waals surface area (Å²) in [7, 11) is 1.49. The quantitative estimate of drug-likeness (QED) is 0.659. The lowest BCUT2D eigenvalue weighted by atomic mass is 10.2. The van der Waals surface area contributed by atoms with Crippen molar-refractivity contribution in [1.82, 2.24) is 5.43 Å². The summed E-state index contributed by atoms with van der Waals surface area (Å²) in [5.41, 5.74) is 3.65. The number of benzene rings is 2. The summed E-state index contributed by atoms with van der Waals surface area (Å²) < 4.78 is 6.10. The number of hydrogen-bond acceptors (Lipinski definition) is 3. The average Bonchev–Trinajstić information content (AvgIpc) is 2.49. The van der Waals surface area contributed by atoms with Crippen molar-refractivity contribution in [2.75, 3.05) is 7.11 Å². The molecule has 0 aliphatic rings. The highest BCUT2D eigenvalue weighted by Gasteiger charge is 2.11. The summed E-state index contributed by atoms with van der Waals surface area (Å²) >= 11 is 9.23. The van der Waals surface area contributed by atoms with Gasteiger partial charge >= 0.3 is 0 Å². The van der Waals surface area contributed by atoms with Gasteiger partial charge in [-0.15, -0.1) is 0 Å². The molecule has 0 aromatic heterocycles. The molecule has 1 N–H and O–H groups in total. The van der Waals surface area contributed by atoms with Crippen LogP contribution in [0.4, 0.5) is 0 Å². The lowest BCUT2D eigenvalue weighted by Crippen LogP contribution is -2.18. The Morgan fingerprint density at radius 3 is 2.67 bits per heavy atom. The predicted molar refractivity (Wildman–Crippen MR) is 87.2 cm³/mol. The second-order valence-electron chi connectivity index (χ2n) is 4.10. The van der Waals surface area contributed by atoms with Gasteiger partial charge in [0.15, 0.2) is 0 Å². The minimum absolute atomic E-state index is 0.331. The first-order valence-corrected chi connectivity index (χ1v) is 7.20. The third-order valence-corrected chi connectivity index (χ3v) is 3.42. The lowest BCUT2D eigenvalue weighted by Gasteiger charge is -2.07. The standard InChI is InChI=1S/C15H12BrClN2O2/c1-21-14-7-6-12(17)8-13(14)15(20)19-18-9-10-2-4-11(16)5-3-10/h2-9H,1H3,(H,19,20)/b18-9+.